The van der Waals surface area contributed by atoms with Gasteiger partial charge in [-0.1, -0.05) is 36.6 Å². The van der Waals surface area contributed by atoms with Crippen LogP contribution in [-0.4, -0.2) is 19.0 Å². The monoisotopic (exact) mass is 316 g/mol. The smallest absolute Gasteiger partial charge is 0.227 e. The van der Waals surface area contributed by atoms with Gasteiger partial charge in [-0.05, 0) is 37.0 Å². The van der Waals surface area contributed by atoms with Gasteiger partial charge in [-0.3, -0.25) is 4.79 Å². The fourth-order valence-corrected chi connectivity index (χ4v) is 2.99. The molecule has 0 spiro atoms. The van der Waals surface area contributed by atoms with E-state index in [1.807, 2.05) is 24.3 Å². The van der Waals surface area contributed by atoms with Crippen molar-refractivity contribution in [1.82, 2.24) is 5.32 Å². The lowest BCUT2D eigenvalue weighted by Crippen LogP contribution is -2.44. The molecule has 1 aliphatic rings. The van der Waals surface area contributed by atoms with E-state index < -0.39 is 0 Å². The number of amides is 1. The minimum absolute atomic E-state index is 0. The van der Waals surface area contributed by atoms with Gasteiger partial charge in [0.2, 0.25) is 5.91 Å². The van der Waals surface area contributed by atoms with Crippen molar-refractivity contribution in [2.75, 3.05) is 13.1 Å². The summed E-state index contributed by atoms with van der Waals surface area (Å²) < 4.78 is 0. The van der Waals surface area contributed by atoms with Crippen molar-refractivity contribution in [1.29, 1.82) is 0 Å². The summed E-state index contributed by atoms with van der Waals surface area (Å²) in [6, 6.07) is 7.73. The Kier molecular flexibility index (Phi) is 6.80. The van der Waals surface area contributed by atoms with E-state index in [0.717, 1.165) is 42.7 Å². The molecule has 0 saturated heterocycles. The van der Waals surface area contributed by atoms with E-state index in [-0.39, 0.29) is 23.7 Å². The molecule has 3 nitrogen and oxygen atoms in total. The third-order valence-corrected chi connectivity index (χ3v) is 4.26. The molecule has 5 heteroatoms. The van der Waals surface area contributed by atoms with Crippen molar-refractivity contribution in [3.05, 3.63) is 34.9 Å². The molecule has 3 N–H and O–H groups in total. The maximum Gasteiger partial charge on any atom is 0.227 e. The number of carbonyl (C=O) groups excluding carboxylic acids is 1. The molecule has 1 aromatic rings. The summed E-state index contributed by atoms with van der Waals surface area (Å²) in [5.74, 6) is 0.120. The van der Waals surface area contributed by atoms with Crippen molar-refractivity contribution in [2.24, 2.45) is 11.1 Å². The van der Waals surface area contributed by atoms with Gasteiger partial charge >= 0.3 is 0 Å². The fraction of sp³-hybridized carbons (Fsp3) is 0.533. The van der Waals surface area contributed by atoms with Gasteiger partial charge in [0.05, 0.1) is 5.41 Å². The number of nitrogens with two attached hydrogens (primary N) is 1. The van der Waals surface area contributed by atoms with Crippen LogP contribution in [0.25, 0.3) is 0 Å². The van der Waals surface area contributed by atoms with E-state index in [4.69, 9.17) is 17.3 Å². The van der Waals surface area contributed by atoms with Crippen molar-refractivity contribution in [2.45, 2.75) is 32.1 Å². The van der Waals surface area contributed by atoms with E-state index in [2.05, 4.69) is 5.32 Å². The number of rotatable bonds is 5. The second kappa shape index (κ2) is 7.87. The highest BCUT2D eigenvalue weighted by Gasteiger charge is 2.39. The molecule has 112 valence electrons. The van der Waals surface area contributed by atoms with Crippen LogP contribution in [0.15, 0.2) is 24.3 Å². The number of benzene rings is 1. The number of hydrogen-bond donors (Lipinski definition) is 2. The molecule has 0 aromatic heterocycles. The molecule has 1 saturated carbocycles. The Morgan fingerprint density at radius 3 is 2.65 bits per heavy atom. The van der Waals surface area contributed by atoms with Gasteiger partial charge < -0.3 is 11.1 Å². The maximum atomic E-state index is 12.2. The minimum atomic E-state index is -0.311. The number of halogens is 2. The first-order valence-corrected chi connectivity index (χ1v) is 7.27. The SMILES string of the molecule is Cl.NCC1(C(=O)NCCc2cccc(Cl)c2)CCCC1. The highest BCUT2D eigenvalue weighted by molar-refractivity contribution is 6.30. The predicted octanol–water partition coefficient (Wildman–Crippen LogP) is 2.94. The van der Waals surface area contributed by atoms with E-state index >= 15 is 0 Å². The predicted molar refractivity (Wildman–Crippen MR) is 85.4 cm³/mol. The first-order chi connectivity index (χ1) is 9.16. The average molecular weight is 317 g/mol. The third kappa shape index (κ3) is 4.11. The third-order valence-electron chi connectivity index (χ3n) is 4.02. The molecule has 1 aromatic carbocycles. The lowest BCUT2D eigenvalue weighted by Gasteiger charge is -2.25. The quantitative estimate of drug-likeness (QED) is 0.877. The second-order valence-corrected chi connectivity index (χ2v) is 5.76. The van der Waals surface area contributed by atoms with Crippen LogP contribution in [0.3, 0.4) is 0 Å². The summed E-state index contributed by atoms with van der Waals surface area (Å²) in [6.45, 7) is 1.09. The standard InChI is InChI=1S/C15H21ClN2O.ClH/c16-13-5-3-4-12(10-13)6-9-18-14(19)15(11-17)7-1-2-8-15;/h3-5,10H,1-2,6-9,11,17H2,(H,18,19);1H. The molecule has 0 radical (unpaired) electrons. The van der Waals surface area contributed by atoms with E-state index in [9.17, 15) is 4.79 Å². The molecule has 0 bridgehead atoms. The van der Waals surface area contributed by atoms with Crippen LogP contribution in [0.1, 0.15) is 31.2 Å². The maximum absolute atomic E-state index is 12.2. The Morgan fingerprint density at radius 2 is 2.05 bits per heavy atom. The van der Waals surface area contributed by atoms with Crippen LogP contribution >= 0.6 is 24.0 Å². The summed E-state index contributed by atoms with van der Waals surface area (Å²) in [5.41, 5.74) is 6.62. The topological polar surface area (TPSA) is 55.1 Å². The zero-order chi connectivity index (χ0) is 13.7. The van der Waals surface area contributed by atoms with Gasteiger partial charge in [-0.2, -0.15) is 0 Å². The van der Waals surface area contributed by atoms with Crippen LogP contribution in [0.5, 0.6) is 0 Å². The fourth-order valence-electron chi connectivity index (χ4n) is 2.78. The first kappa shape index (κ1) is 17.3. The summed E-state index contributed by atoms with van der Waals surface area (Å²) in [4.78, 5) is 12.2. The highest BCUT2D eigenvalue weighted by Crippen LogP contribution is 2.37. The first-order valence-electron chi connectivity index (χ1n) is 6.89. The highest BCUT2D eigenvalue weighted by atomic mass is 35.5. The molecule has 0 atom stereocenters. The Balaban J connectivity index is 0.00000200. The van der Waals surface area contributed by atoms with Crippen LogP contribution in [0.4, 0.5) is 0 Å². The normalized spacial score (nSPS) is 16.5. The molecule has 0 aliphatic heterocycles. The Bertz CT molecular complexity index is 445. The van der Waals surface area contributed by atoms with Gasteiger partial charge in [-0.25, -0.2) is 0 Å². The zero-order valence-electron chi connectivity index (χ0n) is 11.5. The summed E-state index contributed by atoms with van der Waals surface area (Å²) in [7, 11) is 0. The summed E-state index contributed by atoms with van der Waals surface area (Å²) in [5, 5.41) is 3.76. The van der Waals surface area contributed by atoms with Crippen molar-refractivity contribution >= 4 is 29.9 Å². The van der Waals surface area contributed by atoms with Crippen molar-refractivity contribution in [3.8, 4) is 0 Å². The number of carbonyl (C=O) groups is 1. The van der Waals surface area contributed by atoms with Crippen LogP contribution in [-0.2, 0) is 11.2 Å². The summed E-state index contributed by atoms with van der Waals surface area (Å²) in [6.07, 6.45) is 4.86. The molecule has 2 rings (SSSR count). The molecule has 0 heterocycles. The van der Waals surface area contributed by atoms with Gasteiger partial charge in [0.15, 0.2) is 0 Å². The lowest BCUT2D eigenvalue weighted by atomic mass is 9.85. The average Bonchev–Trinajstić information content (AvgIpc) is 2.89. The van der Waals surface area contributed by atoms with Crippen molar-refractivity contribution < 1.29 is 4.79 Å². The number of hydrogen-bond acceptors (Lipinski definition) is 2. The molecule has 0 unspecified atom stereocenters. The van der Waals surface area contributed by atoms with Gasteiger partial charge in [-0.15, -0.1) is 12.4 Å². The van der Waals surface area contributed by atoms with Gasteiger partial charge in [0.1, 0.15) is 0 Å². The van der Waals surface area contributed by atoms with E-state index in [1.54, 1.807) is 0 Å². The largest absolute Gasteiger partial charge is 0.355 e. The molecule has 1 amide bonds. The zero-order valence-corrected chi connectivity index (χ0v) is 13.1. The van der Waals surface area contributed by atoms with Gasteiger partial charge in [0, 0.05) is 18.1 Å². The lowest BCUT2D eigenvalue weighted by molar-refractivity contribution is -0.130. The van der Waals surface area contributed by atoms with E-state index in [0.29, 0.717) is 13.1 Å². The van der Waals surface area contributed by atoms with Crippen LogP contribution in [0, 0.1) is 5.41 Å². The van der Waals surface area contributed by atoms with Crippen LogP contribution < -0.4 is 11.1 Å². The Morgan fingerprint density at radius 1 is 1.35 bits per heavy atom. The second-order valence-electron chi connectivity index (χ2n) is 5.33. The van der Waals surface area contributed by atoms with Crippen LogP contribution in [0.2, 0.25) is 5.02 Å². The molecule has 1 aliphatic carbocycles. The summed E-state index contributed by atoms with van der Waals surface area (Å²) >= 11 is 5.93. The molecule has 1 fully saturated rings. The minimum Gasteiger partial charge on any atom is -0.355 e. The Labute approximate surface area is 131 Å². The number of nitrogens with one attached hydrogen (secondary N) is 1. The van der Waals surface area contributed by atoms with E-state index in [1.165, 1.54) is 0 Å². The van der Waals surface area contributed by atoms with Gasteiger partial charge in [0.25, 0.3) is 0 Å². The molecular weight excluding hydrogens is 295 g/mol. The molecular formula is C15H22Cl2N2O. The van der Waals surface area contributed by atoms with Crippen molar-refractivity contribution in [3.63, 3.8) is 0 Å². The molecule has 20 heavy (non-hydrogen) atoms. The Hall–Kier alpha value is -0.770.